The Morgan fingerprint density at radius 2 is 2.00 bits per heavy atom. The topological polar surface area (TPSA) is 67.9 Å². The van der Waals surface area contributed by atoms with Crippen LogP contribution in [0.5, 0.6) is 11.5 Å². The molecule has 6 heteroatoms. The van der Waals surface area contributed by atoms with Gasteiger partial charge in [-0.05, 0) is 54.8 Å². The first-order chi connectivity index (χ1) is 13.1. The molecule has 138 valence electrons. The molecular weight excluding hydrogens is 344 g/mol. The van der Waals surface area contributed by atoms with Crippen LogP contribution in [-0.2, 0) is 9.59 Å². The summed E-state index contributed by atoms with van der Waals surface area (Å²) in [6, 6.07) is 11.1. The molecule has 0 atom stereocenters. The molecule has 2 aliphatic heterocycles. The average molecular weight is 364 g/mol. The highest BCUT2D eigenvalue weighted by Crippen LogP contribution is 2.33. The summed E-state index contributed by atoms with van der Waals surface area (Å²) >= 11 is 0. The van der Waals surface area contributed by atoms with E-state index in [1.807, 2.05) is 43.3 Å². The first-order valence-electron chi connectivity index (χ1n) is 8.90. The Morgan fingerprint density at radius 3 is 2.81 bits per heavy atom. The molecule has 0 aromatic heterocycles. The van der Waals surface area contributed by atoms with Crippen molar-refractivity contribution in [2.75, 3.05) is 23.6 Å². The van der Waals surface area contributed by atoms with Crippen molar-refractivity contribution in [1.29, 1.82) is 0 Å². The minimum Gasteiger partial charge on any atom is -0.454 e. The zero-order valence-electron chi connectivity index (χ0n) is 15.0. The maximum atomic E-state index is 12.3. The fourth-order valence-electron chi connectivity index (χ4n) is 3.25. The number of amides is 2. The van der Waals surface area contributed by atoms with E-state index in [-0.39, 0.29) is 18.6 Å². The van der Waals surface area contributed by atoms with E-state index in [1.54, 1.807) is 11.0 Å². The fraction of sp³-hybridized carbons (Fsp3) is 0.238. The molecule has 2 aromatic carbocycles. The highest BCUT2D eigenvalue weighted by atomic mass is 16.7. The van der Waals surface area contributed by atoms with Crippen molar-refractivity contribution in [3.8, 4) is 11.5 Å². The summed E-state index contributed by atoms with van der Waals surface area (Å²) in [4.78, 5) is 26.1. The van der Waals surface area contributed by atoms with Crippen LogP contribution in [0.1, 0.15) is 24.0 Å². The number of ether oxygens (including phenoxy) is 2. The van der Waals surface area contributed by atoms with Gasteiger partial charge in [-0.25, -0.2) is 0 Å². The smallest absolute Gasteiger partial charge is 0.248 e. The quantitative estimate of drug-likeness (QED) is 0.843. The molecule has 1 N–H and O–H groups in total. The van der Waals surface area contributed by atoms with E-state index in [9.17, 15) is 9.59 Å². The first kappa shape index (κ1) is 17.1. The standard InChI is InChI=1S/C21H20N2O4/c1-14-4-7-16(12-17(14)23-10-2-3-21(23)25)22-20(24)9-6-15-5-8-18-19(11-15)27-13-26-18/h4-9,11-12H,2-3,10,13H2,1H3,(H,22,24)/b9-6+. The summed E-state index contributed by atoms with van der Waals surface area (Å²) in [7, 11) is 0. The molecule has 27 heavy (non-hydrogen) atoms. The number of anilines is 2. The molecule has 2 heterocycles. The van der Waals surface area contributed by atoms with Gasteiger partial charge in [-0.2, -0.15) is 0 Å². The molecule has 0 unspecified atom stereocenters. The van der Waals surface area contributed by atoms with E-state index in [4.69, 9.17) is 9.47 Å². The third-order valence-corrected chi connectivity index (χ3v) is 4.66. The van der Waals surface area contributed by atoms with Crippen molar-refractivity contribution in [2.45, 2.75) is 19.8 Å². The van der Waals surface area contributed by atoms with Gasteiger partial charge >= 0.3 is 0 Å². The molecule has 0 saturated carbocycles. The lowest BCUT2D eigenvalue weighted by Crippen LogP contribution is -2.24. The molecule has 6 nitrogen and oxygen atoms in total. The fourth-order valence-corrected chi connectivity index (χ4v) is 3.25. The van der Waals surface area contributed by atoms with Crippen molar-refractivity contribution >= 4 is 29.3 Å². The highest BCUT2D eigenvalue weighted by Gasteiger charge is 2.23. The summed E-state index contributed by atoms with van der Waals surface area (Å²) in [5, 5.41) is 2.85. The second-order valence-electron chi connectivity index (χ2n) is 6.59. The summed E-state index contributed by atoms with van der Waals surface area (Å²) in [6.07, 6.45) is 4.63. The van der Waals surface area contributed by atoms with Crippen molar-refractivity contribution in [2.24, 2.45) is 0 Å². The van der Waals surface area contributed by atoms with E-state index in [2.05, 4.69) is 5.32 Å². The van der Waals surface area contributed by atoms with Crippen LogP contribution in [0.4, 0.5) is 11.4 Å². The lowest BCUT2D eigenvalue weighted by Gasteiger charge is -2.19. The Morgan fingerprint density at radius 1 is 1.15 bits per heavy atom. The summed E-state index contributed by atoms with van der Waals surface area (Å²) in [6.45, 7) is 2.91. The van der Waals surface area contributed by atoms with Gasteiger partial charge in [0.25, 0.3) is 0 Å². The van der Waals surface area contributed by atoms with E-state index < -0.39 is 0 Å². The Labute approximate surface area is 157 Å². The van der Waals surface area contributed by atoms with Crippen LogP contribution in [0.3, 0.4) is 0 Å². The lowest BCUT2D eigenvalue weighted by atomic mass is 10.1. The Balaban J connectivity index is 1.46. The Hall–Kier alpha value is -3.28. The zero-order valence-corrected chi connectivity index (χ0v) is 15.0. The second kappa shape index (κ2) is 7.15. The van der Waals surface area contributed by atoms with E-state index in [0.29, 0.717) is 23.6 Å². The molecule has 0 bridgehead atoms. The molecule has 2 amide bonds. The van der Waals surface area contributed by atoms with Gasteiger partial charge < -0.3 is 19.7 Å². The number of hydrogen-bond acceptors (Lipinski definition) is 4. The molecule has 2 aromatic rings. The number of carbonyl (C=O) groups is 2. The van der Waals surface area contributed by atoms with Gasteiger partial charge in [-0.3, -0.25) is 9.59 Å². The number of fused-ring (bicyclic) bond motifs is 1. The van der Waals surface area contributed by atoms with Gasteiger partial charge in [-0.1, -0.05) is 12.1 Å². The molecule has 0 aliphatic carbocycles. The molecule has 0 radical (unpaired) electrons. The van der Waals surface area contributed by atoms with Crippen LogP contribution < -0.4 is 19.7 Å². The van der Waals surface area contributed by atoms with Crippen molar-refractivity contribution < 1.29 is 19.1 Å². The average Bonchev–Trinajstić information content (AvgIpc) is 3.30. The number of aryl methyl sites for hydroxylation is 1. The molecular formula is C21H20N2O4. The number of carbonyl (C=O) groups excluding carboxylic acids is 2. The normalized spacial score (nSPS) is 15.6. The number of nitrogens with one attached hydrogen (secondary N) is 1. The maximum Gasteiger partial charge on any atom is 0.248 e. The molecule has 0 spiro atoms. The predicted octanol–water partition coefficient (Wildman–Crippen LogP) is 3.50. The zero-order chi connectivity index (χ0) is 18.8. The molecule has 1 saturated heterocycles. The van der Waals surface area contributed by atoms with Crippen molar-refractivity contribution in [3.05, 3.63) is 53.6 Å². The first-order valence-corrected chi connectivity index (χ1v) is 8.90. The monoisotopic (exact) mass is 364 g/mol. The van der Waals surface area contributed by atoms with Crippen molar-refractivity contribution in [3.63, 3.8) is 0 Å². The van der Waals surface area contributed by atoms with Crippen LogP contribution in [0.25, 0.3) is 6.08 Å². The van der Waals surface area contributed by atoms with E-state index in [1.165, 1.54) is 6.08 Å². The summed E-state index contributed by atoms with van der Waals surface area (Å²) in [5.74, 6) is 1.27. The van der Waals surface area contributed by atoms with Crippen LogP contribution in [0.15, 0.2) is 42.5 Å². The second-order valence-corrected chi connectivity index (χ2v) is 6.59. The maximum absolute atomic E-state index is 12.3. The summed E-state index contributed by atoms with van der Waals surface area (Å²) < 4.78 is 10.6. The molecule has 2 aliphatic rings. The number of rotatable bonds is 4. The minimum atomic E-state index is -0.241. The molecule has 1 fully saturated rings. The van der Waals surface area contributed by atoms with Crippen LogP contribution >= 0.6 is 0 Å². The number of nitrogens with zero attached hydrogens (tertiary/aromatic N) is 1. The third kappa shape index (κ3) is 3.65. The third-order valence-electron chi connectivity index (χ3n) is 4.66. The SMILES string of the molecule is Cc1ccc(NC(=O)/C=C/c2ccc3c(c2)OCO3)cc1N1CCCC1=O. The lowest BCUT2D eigenvalue weighted by molar-refractivity contribution is -0.117. The highest BCUT2D eigenvalue weighted by molar-refractivity contribution is 6.03. The van der Waals surface area contributed by atoms with Gasteiger partial charge in [-0.15, -0.1) is 0 Å². The van der Waals surface area contributed by atoms with E-state index >= 15 is 0 Å². The number of benzene rings is 2. The van der Waals surface area contributed by atoms with Gasteiger partial charge in [0.05, 0.1) is 0 Å². The molecule has 4 rings (SSSR count). The van der Waals surface area contributed by atoms with Gasteiger partial charge in [0, 0.05) is 30.4 Å². The van der Waals surface area contributed by atoms with Crippen LogP contribution in [-0.4, -0.2) is 25.2 Å². The van der Waals surface area contributed by atoms with Crippen LogP contribution in [0.2, 0.25) is 0 Å². The number of hydrogen-bond donors (Lipinski definition) is 1. The van der Waals surface area contributed by atoms with Crippen molar-refractivity contribution in [1.82, 2.24) is 0 Å². The van der Waals surface area contributed by atoms with Gasteiger partial charge in [0.2, 0.25) is 18.6 Å². The summed E-state index contributed by atoms with van der Waals surface area (Å²) in [5.41, 5.74) is 3.38. The van der Waals surface area contributed by atoms with Gasteiger partial charge in [0.15, 0.2) is 11.5 Å². The van der Waals surface area contributed by atoms with Gasteiger partial charge in [0.1, 0.15) is 0 Å². The minimum absolute atomic E-state index is 0.129. The Kier molecular flexibility index (Phi) is 4.54. The predicted molar refractivity (Wildman–Crippen MR) is 103 cm³/mol. The Bertz CT molecular complexity index is 936. The van der Waals surface area contributed by atoms with Crippen LogP contribution in [0, 0.1) is 6.92 Å². The van der Waals surface area contributed by atoms with E-state index in [0.717, 1.165) is 29.8 Å². The largest absolute Gasteiger partial charge is 0.454 e.